The maximum Gasteiger partial charge on any atom is 0.323 e. The number of carbonyl (C=O) groups excluding carboxylic acids is 2. The third-order valence-electron chi connectivity index (χ3n) is 13.8. The average molecular weight is 895 g/mol. The van der Waals surface area contributed by atoms with Gasteiger partial charge >= 0.3 is 11.9 Å². The number of carbonyl (C=O) groups is 2. The normalized spacial score (nSPS) is 19.7. The Morgan fingerprint density at radius 1 is 0.562 bits per heavy atom. The lowest BCUT2D eigenvalue weighted by Crippen LogP contribution is -2.34. The minimum atomic E-state index is -0.810. The van der Waals surface area contributed by atoms with E-state index in [4.69, 9.17) is 20.9 Å². The Morgan fingerprint density at radius 3 is 1.48 bits per heavy atom. The van der Waals surface area contributed by atoms with Gasteiger partial charge in [-0.3, -0.25) is 9.59 Å². The van der Waals surface area contributed by atoms with Gasteiger partial charge in [-0.05, 0) is 105 Å². The fourth-order valence-corrected chi connectivity index (χ4v) is 9.90. The zero-order valence-electron chi connectivity index (χ0n) is 40.1. The van der Waals surface area contributed by atoms with Crippen LogP contribution in [0.4, 0.5) is 0 Å². The molecule has 0 heterocycles. The zero-order chi connectivity index (χ0) is 46.4. The van der Waals surface area contributed by atoms with Gasteiger partial charge in [0.25, 0.3) is 0 Å². The van der Waals surface area contributed by atoms with Crippen LogP contribution >= 0.6 is 0 Å². The van der Waals surface area contributed by atoms with E-state index in [1.165, 1.54) is 147 Å². The number of rotatable bonds is 36. The Hall–Kier alpha value is -3.50. The summed E-state index contributed by atoms with van der Waals surface area (Å²) in [5, 5.41) is 38.6. The second-order valence-corrected chi connectivity index (χ2v) is 19.2. The summed E-state index contributed by atoms with van der Waals surface area (Å²) in [7, 11) is 0. The van der Waals surface area contributed by atoms with E-state index < -0.39 is 24.0 Å². The van der Waals surface area contributed by atoms with Crippen molar-refractivity contribution in [1.29, 1.82) is 0 Å². The predicted molar refractivity (Wildman–Crippen MR) is 260 cm³/mol. The molecule has 64 heavy (non-hydrogen) atoms. The van der Waals surface area contributed by atoms with Crippen LogP contribution in [-0.4, -0.2) is 57.7 Å². The molecule has 0 spiro atoms. The van der Waals surface area contributed by atoms with Gasteiger partial charge in [0.05, 0.1) is 13.2 Å². The molecule has 10 heteroatoms. The first-order valence-corrected chi connectivity index (χ1v) is 25.9. The van der Waals surface area contributed by atoms with E-state index in [1.807, 2.05) is 0 Å². The molecule has 0 bridgehead atoms. The molecule has 1 aromatic carbocycles. The van der Waals surface area contributed by atoms with Gasteiger partial charge < -0.3 is 41.4 Å². The third-order valence-corrected chi connectivity index (χ3v) is 13.8. The van der Waals surface area contributed by atoms with Crippen LogP contribution in [0, 0.1) is 23.7 Å². The van der Waals surface area contributed by atoms with Gasteiger partial charge in [-0.15, -0.1) is 0 Å². The van der Waals surface area contributed by atoms with Crippen LogP contribution < -0.4 is 11.5 Å². The van der Waals surface area contributed by atoms with Gasteiger partial charge in [0.15, 0.2) is 17.3 Å². The molecular formula is C54H90N2O8. The second-order valence-electron chi connectivity index (χ2n) is 19.2. The lowest BCUT2D eigenvalue weighted by molar-refractivity contribution is -0.146. The van der Waals surface area contributed by atoms with Gasteiger partial charge in [-0.1, -0.05) is 166 Å². The van der Waals surface area contributed by atoms with E-state index in [2.05, 4.69) is 26.0 Å². The molecule has 0 radical (unpaired) electrons. The fourth-order valence-electron chi connectivity index (χ4n) is 9.90. The number of aromatic hydroxyl groups is 2. The molecule has 0 amide bonds. The zero-order valence-corrected chi connectivity index (χ0v) is 40.1. The number of ether oxygens (including phenoxy) is 2. The van der Waals surface area contributed by atoms with Crippen molar-refractivity contribution in [3.05, 3.63) is 59.1 Å². The molecule has 1 aromatic rings. The first-order chi connectivity index (χ1) is 31.0. The number of allylic oxidation sites excluding steroid dienone is 4. The highest BCUT2D eigenvalue weighted by Gasteiger charge is 2.35. The first kappa shape index (κ1) is 54.8. The van der Waals surface area contributed by atoms with Crippen molar-refractivity contribution in [2.45, 2.75) is 219 Å². The van der Waals surface area contributed by atoms with Gasteiger partial charge in [-0.2, -0.15) is 0 Å². The maximum absolute atomic E-state index is 12.5. The molecule has 0 saturated carbocycles. The largest absolute Gasteiger partial charge is 0.508 e. The molecule has 8 N–H and O–H groups in total. The van der Waals surface area contributed by atoms with E-state index >= 15 is 0 Å². The fraction of sp³-hybridized carbons (Fsp3) is 0.741. The molecule has 364 valence electrons. The summed E-state index contributed by atoms with van der Waals surface area (Å²) in [6, 6.07) is 2.89. The van der Waals surface area contributed by atoms with Gasteiger partial charge in [0.2, 0.25) is 0 Å². The molecular weight excluding hydrogens is 805 g/mol. The number of phenolic OH excluding ortho intramolecular Hbond substituents is 2. The molecule has 3 rings (SSSR count). The van der Waals surface area contributed by atoms with Crippen molar-refractivity contribution >= 4 is 11.9 Å². The molecule has 2 aliphatic rings. The Morgan fingerprint density at radius 2 is 1.00 bits per heavy atom. The molecule has 10 nitrogen and oxygen atoms in total. The predicted octanol–water partition coefficient (Wildman–Crippen LogP) is 13.0. The Kier molecular flexibility index (Phi) is 28.3. The Balaban J connectivity index is 1.41. The van der Waals surface area contributed by atoms with Gasteiger partial charge in [0, 0.05) is 6.42 Å². The van der Waals surface area contributed by atoms with Gasteiger partial charge in [-0.25, -0.2) is 0 Å². The van der Waals surface area contributed by atoms with Crippen molar-refractivity contribution in [1.82, 2.24) is 0 Å². The highest BCUT2D eigenvalue weighted by Crippen LogP contribution is 2.44. The number of hydrogen-bond donors (Lipinski definition) is 6. The van der Waals surface area contributed by atoms with Crippen LogP contribution in [0.2, 0.25) is 0 Å². The molecule has 2 aliphatic carbocycles. The Labute approximate surface area is 387 Å². The van der Waals surface area contributed by atoms with E-state index in [0.717, 1.165) is 55.9 Å². The van der Waals surface area contributed by atoms with E-state index in [1.54, 1.807) is 6.07 Å². The number of phenols is 2. The summed E-state index contributed by atoms with van der Waals surface area (Å²) in [4.78, 5) is 24.9. The van der Waals surface area contributed by atoms with Crippen molar-refractivity contribution in [3.8, 4) is 11.5 Å². The van der Waals surface area contributed by atoms with Crippen LogP contribution in [-0.2, 0) is 25.5 Å². The molecule has 0 aromatic heterocycles. The summed E-state index contributed by atoms with van der Waals surface area (Å²) in [6.07, 6.45) is 40.4. The van der Waals surface area contributed by atoms with Gasteiger partial charge in [0.1, 0.15) is 17.8 Å². The maximum atomic E-state index is 12.5. The molecule has 0 aliphatic heterocycles. The second kappa shape index (κ2) is 33.0. The minimum absolute atomic E-state index is 0.0207. The molecule has 0 fully saturated rings. The lowest BCUT2D eigenvalue weighted by Gasteiger charge is -2.41. The number of hydrogen-bond acceptors (Lipinski definition) is 10. The number of aliphatic hydroxyl groups excluding tert-OH is 2. The number of aliphatic hydroxyl groups is 2. The molecule has 6 unspecified atom stereocenters. The SMILES string of the molecule is CCCCCCCCC1C(CCCCCC)C=CC(CCCCCCCCOC(=O)C(N)CC2=CC(O)=C(O)CC2)C1CCCCCCCCOC(=O)C(N)Cc1ccc(O)c(O)c1. The smallest absolute Gasteiger partial charge is 0.323 e. The number of nitrogens with two attached hydrogens (primary N) is 2. The summed E-state index contributed by atoms with van der Waals surface area (Å²) in [6.45, 7) is 5.35. The molecule has 6 atom stereocenters. The van der Waals surface area contributed by atoms with Crippen molar-refractivity contribution in [3.63, 3.8) is 0 Å². The number of unbranched alkanes of at least 4 members (excludes halogenated alkanes) is 18. The first-order valence-electron chi connectivity index (χ1n) is 25.9. The minimum Gasteiger partial charge on any atom is -0.508 e. The Bertz CT molecular complexity index is 1540. The standard InChI is InChI=1S/C54H90N2O8/c1-3-5-7-9-15-21-27-45-43(25-19-8-6-4-2)31-32-44(26-20-14-10-12-17-23-35-63-53(61)47(55)37-41-29-33-49(57)51(59)39-41)46(45)28-22-16-11-13-18-24-36-64-54(62)48(56)38-42-30-34-50(58)52(60)40-42/h30-32,34,39-40,43-48,57-60H,3-29,33,35-38,55-56H2,1-2H3. The quantitative estimate of drug-likeness (QED) is 0.0164. The number of esters is 2. The molecule has 0 saturated heterocycles. The topological polar surface area (TPSA) is 186 Å². The van der Waals surface area contributed by atoms with Crippen LogP contribution in [0.15, 0.2) is 53.5 Å². The highest BCUT2D eigenvalue weighted by atomic mass is 16.5. The summed E-state index contributed by atoms with van der Waals surface area (Å²) < 4.78 is 10.9. The summed E-state index contributed by atoms with van der Waals surface area (Å²) in [5.41, 5.74) is 13.7. The van der Waals surface area contributed by atoms with E-state index in [9.17, 15) is 30.0 Å². The summed E-state index contributed by atoms with van der Waals surface area (Å²) >= 11 is 0. The van der Waals surface area contributed by atoms with Crippen molar-refractivity contribution < 1.29 is 39.5 Å². The third kappa shape index (κ3) is 22.1. The highest BCUT2D eigenvalue weighted by molar-refractivity contribution is 5.76. The van der Waals surface area contributed by atoms with Crippen LogP contribution in [0.1, 0.15) is 206 Å². The lowest BCUT2D eigenvalue weighted by atomic mass is 9.64. The van der Waals surface area contributed by atoms with Crippen molar-refractivity contribution in [2.75, 3.05) is 13.2 Å². The van der Waals surface area contributed by atoms with Crippen LogP contribution in [0.3, 0.4) is 0 Å². The van der Waals surface area contributed by atoms with E-state index in [0.29, 0.717) is 49.9 Å². The number of benzene rings is 1. The van der Waals surface area contributed by atoms with E-state index in [-0.39, 0.29) is 29.4 Å². The monoisotopic (exact) mass is 895 g/mol. The van der Waals surface area contributed by atoms with Crippen molar-refractivity contribution in [2.24, 2.45) is 35.1 Å². The van der Waals surface area contributed by atoms with Crippen LogP contribution in [0.25, 0.3) is 0 Å². The van der Waals surface area contributed by atoms with Crippen LogP contribution in [0.5, 0.6) is 11.5 Å². The summed E-state index contributed by atoms with van der Waals surface area (Å²) in [5.74, 6) is 1.50. The average Bonchev–Trinajstić information content (AvgIpc) is 3.28.